The maximum absolute atomic E-state index is 11.6. The van der Waals surface area contributed by atoms with Gasteiger partial charge in [0.15, 0.2) is 11.4 Å². The van der Waals surface area contributed by atoms with Crippen LogP contribution in [0.5, 0.6) is 0 Å². The lowest BCUT2D eigenvalue weighted by Crippen LogP contribution is -2.46. The van der Waals surface area contributed by atoms with Crippen LogP contribution in [0.25, 0.3) is 5.65 Å². The van der Waals surface area contributed by atoms with Gasteiger partial charge in [0, 0.05) is 6.20 Å². The Morgan fingerprint density at radius 2 is 2.10 bits per heavy atom. The number of aromatic nitrogens is 3. The van der Waals surface area contributed by atoms with Crippen LogP contribution in [0.15, 0.2) is 18.5 Å². The van der Waals surface area contributed by atoms with E-state index in [9.17, 15) is 4.79 Å². The topological polar surface area (TPSA) is 59.7 Å². The molecule has 0 amide bonds. The number of Topliss-reactive ketones (excluding diaryl/α,β-unsaturated/α-hetero) is 1. The Balaban J connectivity index is 1.80. The van der Waals surface area contributed by atoms with Crippen molar-refractivity contribution in [2.24, 2.45) is 0 Å². The molecule has 0 aliphatic carbocycles. The van der Waals surface area contributed by atoms with Gasteiger partial charge < -0.3 is 9.64 Å². The van der Waals surface area contributed by atoms with Gasteiger partial charge in [-0.2, -0.15) is 5.10 Å². The number of ketones is 1. The summed E-state index contributed by atoms with van der Waals surface area (Å²) in [7, 11) is 0. The maximum atomic E-state index is 11.6. The van der Waals surface area contributed by atoms with Gasteiger partial charge in [-0.05, 0) is 25.8 Å². The molecule has 2 aliphatic rings. The second-order valence-corrected chi connectivity index (χ2v) is 5.50. The molecule has 2 atom stereocenters. The van der Waals surface area contributed by atoms with Crippen LogP contribution in [0, 0.1) is 0 Å². The first kappa shape index (κ1) is 11.8. The minimum Gasteiger partial charge on any atom is -0.377 e. The highest BCUT2D eigenvalue weighted by atomic mass is 16.5. The van der Waals surface area contributed by atoms with Crippen molar-refractivity contribution in [3.63, 3.8) is 0 Å². The van der Waals surface area contributed by atoms with Crippen LogP contribution in [-0.2, 0) is 4.74 Å². The summed E-state index contributed by atoms with van der Waals surface area (Å²) >= 11 is 0. The second kappa shape index (κ2) is 4.28. The SMILES string of the molecule is CC(=O)c1cnn2ccc(N3C4CCC3COC4)nc12. The number of hydrogen-bond donors (Lipinski definition) is 0. The van der Waals surface area contributed by atoms with Gasteiger partial charge in [0.1, 0.15) is 5.82 Å². The van der Waals surface area contributed by atoms with Crippen molar-refractivity contribution in [3.8, 4) is 0 Å². The fourth-order valence-electron chi connectivity index (χ4n) is 3.25. The predicted octanol–water partition coefficient (Wildman–Crippen LogP) is 1.30. The third kappa shape index (κ3) is 1.64. The summed E-state index contributed by atoms with van der Waals surface area (Å²) in [6.07, 6.45) is 5.76. The van der Waals surface area contributed by atoms with Crippen molar-refractivity contribution in [1.29, 1.82) is 0 Å². The van der Waals surface area contributed by atoms with E-state index >= 15 is 0 Å². The fraction of sp³-hybridized carbons (Fsp3) is 0.500. The highest BCUT2D eigenvalue weighted by molar-refractivity contribution is 5.99. The molecule has 0 aromatic carbocycles. The zero-order chi connectivity index (χ0) is 13.7. The lowest BCUT2D eigenvalue weighted by Gasteiger charge is -2.35. The smallest absolute Gasteiger partial charge is 0.168 e. The molecular weight excluding hydrogens is 256 g/mol. The van der Waals surface area contributed by atoms with Crippen LogP contribution in [-0.4, -0.2) is 45.7 Å². The normalized spacial score (nSPS) is 25.4. The van der Waals surface area contributed by atoms with Gasteiger partial charge in [-0.25, -0.2) is 9.50 Å². The average molecular weight is 272 g/mol. The Bertz CT molecular complexity index is 665. The van der Waals surface area contributed by atoms with Crippen LogP contribution >= 0.6 is 0 Å². The number of nitrogens with zero attached hydrogens (tertiary/aromatic N) is 4. The minimum atomic E-state index is -0.00500. The molecule has 2 aromatic rings. The standard InChI is InChI=1S/C14H16N4O2/c1-9(19)12-6-15-17-5-4-13(16-14(12)17)18-10-2-3-11(18)8-20-7-10/h4-6,10-11H,2-3,7-8H2,1H3. The first-order valence-electron chi connectivity index (χ1n) is 6.95. The van der Waals surface area contributed by atoms with Gasteiger partial charge in [-0.1, -0.05) is 0 Å². The molecular formula is C14H16N4O2. The molecule has 6 nitrogen and oxygen atoms in total. The zero-order valence-electron chi connectivity index (χ0n) is 11.3. The molecule has 2 unspecified atom stereocenters. The van der Waals surface area contributed by atoms with Gasteiger partial charge >= 0.3 is 0 Å². The Kier molecular flexibility index (Phi) is 2.53. The van der Waals surface area contributed by atoms with Crippen LogP contribution in [0.1, 0.15) is 30.1 Å². The summed E-state index contributed by atoms with van der Waals surface area (Å²) < 4.78 is 7.26. The average Bonchev–Trinajstić information content (AvgIpc) is 2.97. The number of ether oxygens (including phenoxy) is 1. The van der Waals surface area contributed by atoms with Crippen molar-refractivity contribution in [2.45, 2.75) is 31.8 Å². The monoisotopic (exact) mass is 272 g/mol. The molecule has 20 heavy (non-hydrogen) atoms. The minimum absolute atomic E-state index is 0.00500. The molecule has 6 heteroatoms. The highest BCUT2D eigenvalue weighted by Gasteiger charge is 2.38. The first-order chi connectivity index (χ1) is 9.74. The predicted molar refractivity (Wildman–Crippen MR) is 73.1 cm³/mol. The maximum Gasteiger partial charge on any atom is 0.168 e. The van der Waals surface area contributed by atoms with Crippen LogP contribution in [0.4, 0.5) is 5.82 Å². The largest absolute Gasteiger partial charge is 0.377 e. The van der Waals surface area contributed by atoms with Gasteiger partial charge in [0.25, 0.3) is 0 Å². The van der Waals surface area contributed by atoms with Crippen LogP contribution in [0.3, 0.4) is 0 Å². The summed E-state index contributed by atoms with van der Waals surface area (Å²) in [5.74, 6) is 0.922. The summed E-state index contributed by atoms with van der Waals surface area (Å²) in [5.41, 5.74) is 1.22. The molecule has 2 aromatic heterocycles. The van der Waals surface area contributed by atoms with E-state index in [4.69, 9.17) is 4.74 Å². The molecule has 104 valence electrons. The molecule has 2 saturated heterocycles. The zero-order valence-corrected chi connectivity index (χ0v) is 11.3. The van der Waals surface area contributed by atoms with E-state index < -0.39 is 0 Å². The van der Waals surface area contributed by atoms with Crippen LogP contribution < -0.4 is 4.90 Å². The van der Waals surface area contributed by atoms with Gasteiger partial charge in [0.2, 0.25) is 0 Å². The molecule has 2 fully saturated rings. The van der Waals surface area contributed by atoms with Crippen molar-refractivity contribution in [2.75, 3.05) is 18.1 Å². The number of anilines is 1. The summed E-state index contributed by atoms with van der Waals surface area (Å²) in [4.78, 5) is 18.6. The lowest BCUT2D eigenvalue weighted by molar-refractivity contribution is 0.0902. The lowest BCUT2D eigenvalue weighted by atomic mass is 10.2. The van der Waals surface area contributed by atoms with Crippen molar-refractivity contribution < 1.29 is 9.53 Å². The van der Waals surface area contributed by atoms with Crippen LogP contribution in [0.2, 0.25) is 0 Å². The van der Waals surface area contributed by atoms with E-state index in [2.05, 4.69) is 15.0 Å². The summed E-state index contributed by atoms with van der Waals surface area (Å²) in [6, 6.07) is 2.79. The Morgan fingerprint density at radius 3 is 2.80 bits per heavy atom. The van der Waals surface area contributed by atoms with Crippen molar-refractivity contribution in [3.05, 3.63) is 24.0 Å². The van der Waals surface area contributed by atoms with Crippen molar-refractivity contribution in [1.82, 2.24) is 14.6 Å². The second-order valence-electron chi connectivity index (χ2n) is 5.50. The quantitative estimate of drug-likeness (QED) is 0.771. The molecule has 0 saturated carbocycles. The van der Waals surface area contributed by atoms with E-state index in [0.717, 1.165) is 31.9 Å². The number of fused-ring (bicyclic) bond motifs is 3. The molecule has 2 aliphatic heterocycles. The van der Waals surface area contributed by atoms with Gasteiger partial charge in [0.05, 0.1) is 37.1 Å². The molecule has 0 radical (unpaired) electrons. The van der Waals surface area contributed by atoms with E-state index in [0.29, 0.717) is 23.3 Å². The molecule has 4 heterocycles. The summed E-state index contributed by atoms with van der Waals surface area (Å²) in [6.45, 7) is 3.08. The fourth-order valence-corrected chi connectivity index (χ4v) is 3.25. The number of carbonyl (C=O) groups excluding carboxylic acids is 1. The van der Waals surface area contributed by atoms with E-state index in [1.54, 1.807) is 17.6 Å². The number of carbonyl (C=O) groups is 1. The number of hydrogen-bond acceptors (Lipinski definition) is 5. The number of morpholine rings is 1. The van der Waals surface area contributed by atoms with Crippen molar-refractivity contribution >= 4 is 17.2 Å². The third-order valence-corrected chi connectivity index (χ3v) is 4.24. The Morgan fingerprint density at radius 1 is 1.35 bits per heavy atom. The molecule has 0 N–H and O–H groups in total. The molecule has 2 bridgehead atoms. The van der Waals surface area contributed by atoms with E-state index in [-0.39, 0.29) is 5.78 Å². The third-order valence-electron chi connectivity index (χ3n) is 4.24. The van der Waals surface area contributed by atoms with E-state index in [1.807, 2.05) is 12.3 Å². The van der Waals surface area contributed by atoms with E-state index in [1.165, 1.54) is 0 Å². The first-order valence-corrected chi connectivity index (χ1v) is 6.95. The Hall–Kier alpha value is -1.95. The summed E-state index contributed by atoms with van der Waals surface area (Å²) in [5, 5.41) is 4.17. The number of rotatable bonds is 2. The molecule has 4 rings (SSSR count). The van der Waals surface area contributed by atoms with Gasteiger partial charge in [-0.15, -0.1) is 0 Å². The Labute approximate surface area is 116 Å². The highest BCUT2D eigenvalue weighted by Crippen LogP contribution is 2.33. The molecule has 0 spiro atoms. The van der Waals surface area contributed by atoms with Gasteiger partial charge in [-0.3, -0.25) is 4.79 Å².